The number of ether oxygens (including phenoxy) is 2. The van der Waals surface area contributed by atoms with E-state index in [0.717, 1.165) is 10.8 Å². The Labute approximate surface area is 173 Å². The average Bonchev–Trinajstić information content (AvgIpc) is 2.74. The van der Waals surface area contributed by atoms with Crippen LogP contribution in [-0.2, 0) is 14.8 Å². The Kier molecular flexibility index (Phi) is 5.56. The molecule has 150 valence electrons. The van der Waals surface area contributed by atoms with Gasteiger partial charge in [-0.3, -0.25) is 0 Å². The van der Waals surface area contributed by atoms with Crippen LogP contribution in [0.3, 0.4) is 0 Å². The molecule has 0 unspecified atom stereocenters. The summed E-state index contributed by atoms with van der Waals surface area (Å²) in [6.07, 6.45) is 0. The maximum atomic E-state index is 12.9. The summed E-state index contributed by atoms with van der Waals surface area (Å²) in [5.41, 5.74) is 0.106. The van der Waals surface area contributed by atoms with Gasteiger partial charge in [-0.25, -0.2) is 13.2 Å². The molecule has 0 aliphatic carbocycles. The molecular weight excluding hydrogens is 414 g/mol. The Morgan fingerprint density at radius 2 is 1.69 bits per heavy atom. The number of benzene rings is 3. The minimum atomic E-state index is -3.84. The highest BCUT2D eigenvalue weighted by molar-refractivity contribution is 7.89. The van der Waals surface area contributed by atoms with E-state index in [4.69, 9.17) is 21.1 Å². The average molecular weight is 432 g/mol. The van der Waals surface area contributed by atoms with Crippen molar-refractivity contribution in [1.29, 1.82) is 0 Å². The van der Waals surface area contributed by atoms with Gasteiger partial charge in [-0.1, -0.05) is 41.9 Å². The third-order valence-electron chi connectivity index (χ3n) is 4.69. The highest BCUT2D eigenvalue weighted by Gasteiger charge is 2.29. The van der Waals surface area contributed by atoms with Crippen molar-refractivity contribution in [2.24, 2.45) is 0 Å². The lowest BCUT2D eigenvalue weighted by Crippen LogP contribution is -2.40. The Morgan fingerprint density at radius 1 is 0.966 bits per heavy atom. The molecule has 0 radical (unpaired) electrons. The molecule has 1 fully saturated rings. The number of nitrogens with zero attached hydrogens (tertiary/aromatic N) is 1. The van der Waals surface area contributed by atoms with Gasteiger partial charge in [-0.15, -0.1) is 0 Å². The Bertz CT molecular complexity index is 1170. The first-order chi connectivity index (χ1) is 13.9. The molecule has 4 rings (SSSR count). The van der Waals surface area contributed by atoms with E-state index in [2.05, 4.69) is 0 Å². The molecule has 8 heteroatoms. The zero-order chi connectivity index (χ0) is 20.4. The molecule has 0 N–H and O–H groups in total. The van der Waals surface area contributed by atoms with Gasteiger partial charge in [0.15, 0.2) is 0 Å². The molecule has 1 saturated heterocycles. The van der Waals surface area contributed by atoms with Gasteiger partial charge in [0.2, 0.25) is 10.0 Å². The Balaban J connectivity index is 1.61. The van der Waals surface area contributed by atoms with Crippen LogP contribution in [0.2, 0.25) is 5.02 Å². The Morgan fingerprint density at radius 3 is 2.45 bits per heavy atom. The molecule has 0 saturated carbocycles. The lowest BCUT2D eigenvalue weighted by molar-refractivity contribution is 0.0727. The Hall–Kier alpha value is -2.45. The summed E-state index contributed by atoms with van der Waals surface area (Å²) >= 11 is 6.14. The minimum Gasteiger partial charge on any atom is -0.423 e. The van der Waals surface area contributed by atoms with E-state index in [1.807, 2.05) is 30.3 Å². The second kappa shape index (κ2) is 8.12. The molecule has 1 aliphatic rings. The molecule has 29 heavy (non-hydrogen) atoms. The van der Waals surface area contributed by atoms with Crippen molar-refractivity contribution in [3.8, 4) is 5.75 Å². The zero-order valence-electron chi connectivity index (χ0n) is 15.4. The maximum absolute atomic E-state index is 12.9. The molecular formula is C21H18ClNO5S. The van der Waals surface area contributed by atoms with E-state index in [1.165, 1.54) is 22.5 Å². The van der Waals surface area contributed by atoms with E-state index in [9.17, 15) is 13.2 Å². The number of hydrogen-bond donors (Lipinski definition) is 0. The predicted octanol–water partition coefficient (Wildman–Crippen LogP) is 3.73. The lowest BCUT2D eigenvalue weighted by Gasteiger charge is -2.26. The summed E-state index contributed by atoms with van der Waals surface area (Å²) in [6, 6.07) is 17.1. The number of hydrogen-bond acceptors (Lipinski definition) is 5. The SMILES string of the molecule is O=C(Oc1ccc2ccccc2c1)c1ccc(Cl)c(S(=O)(=O)N2CCOCC2)c1. The van der Waals surface area contributed by atoms with Crippen molar-refractivity contribution in [2.75, 3.05) is 26.3 Å². The van der Waals surface area contributed by atoms with E-state index in [-0.39, 0.29) is 28.6 Å². The summed E-state index contributed by atoms with van der Waals surface area (Å²) < 4.78 is 37.8. The van der Waals surface area contributed by atoms with Gasteiger partial charge >= 0.3 is 5.97 Å². The number of morpholine rings is 1. The summed E-state index contributed by atoms with van der Waals surface area (Å²) in [5, 5.41) is 2.01. The first kappa shape index (κ1) is 19.8. The molecule has 6 nitrogen and oxygen atoms in total. The van der Waals surface area contributed by atoms with Crippen molar-refractivity contribution in [3.63, 3.8) is 0 Å². The predicted molar refractivity (Wildman–Crippen MR) is 110 cm³/mol. The van der Waals surface area contributed by atoms with Crippen LogP contribution in [0.4, 0.5) is 0 Å². The smallest absolute Gasteiger partial charge is 0.343 e. The second-order valence-corrected chi connectivity index (χ2v) is 8.87. The van der Waals surface area contributed by atoms with E-state index < -0.39 is 16.0 Å². The highest BCUT2D eigenvalue weighted by atomic mass is 35.5. The van der Waals surface area contributed by atoms with Gasteiger partial charge in [-0.2, -0.15) is 4.31 Å². The first-order valence-corrected chi connectivity index (χ1v) is 10.9. The van der Waals surface area contributed by atoms with Gasteiger partial charge in [-0.05, 0) is 41.1 Å². The number of carbonyl (C=O) groups excluding carboxylic acids is 1. The minimum absolute atomic E-state index is 0.0544. The van der Waals surface area contributed by atoms with Gasteiger partial charge in [0.05, 0.1) is 23.8 Å². The van der Waals surface area contributed by atoms with E-state index in [0.29, 0.717) is 19.0 Å². The summed E-state index contributed by atoms with van der Waals surface area (Å²) in [7, 11) is -3.84. The number of rotatable bonds is 4. The van der Waals surface area contributed by atoms with E-state index in [1.54, 1.807) is 12.1 Å². The van der Waals surface area contributed by atoms with Crippen molar-refractivity contribution in [2.45, 2.75) is 4.90 Å². The molecule has 0 bridgehead atoms. The van der Waals surface area contributed by atoms with Crippen LogP contribution in [0.5, 0.6) is 5.75 Å². The summed E-state index contributed by atoms with van der Waals surface area (Å²) in [5.74, 6) is -0.281. The highest BCUT2D eigenvalue weighted by Crippen LogP contribution is 2.27. The van der Waals surface area contributed by atoms with Gasteiger partial charge < -0.3 is 9.47 Å². The molecule has 0 spiro atoms. The fourth-order valence-electron chi connectivity index (χ4n) is 3.15. The molecule has 1 heterocycles. The number of halogens is 1. The van der Waals surface area contributed by atoms with Crippen LogP contribution in [0.1, 0.15) is 10.4 Å². The third kappa shape index (κ3) is 4.13. The second-order valence-electron chi connectivity index (χ2n) is 6.56. The summed E-state index contributed by atoms with van der Waals surface area (Å²) in [4.78, 5) is 12.5. The molecule has 0 aromatic heterocycles. The standard InChI is InChI=1S/C21H18ClNO5S/c22-19-8-6-17(14-20(19)29(25,26)23-9-11-27-12-10-23)21(24)28-18-7-5-15-3-1-2-4-16(15)13-18/h1-8,13-14H,9-12H2. The molecule has 1 aliphatic heterocycles. The molecule has 0 atom stereocenters. The zero-order valence-corrected chi connectivity index (χ0v) is 16.9. The number of esters is 1. The molecule has 3 aromatic carbocycles. The van der Waals surface area contributed by atoms with Crippen LogP contribution < -0.4 is 4.74 Å². The largest absolute Gasteiger partial charge is 0.423 e. The quantitative estimate of drug-likeness (QED) is 0.465. The van der Waals surface area contributed by atoms with Crippen molar-refractivity contribution < 1.29 is 22.7 Å². The topological polar surface area (TPSA) is 72.9 Å². The van der Waals surface area contributed by atoms with Crippen molar-refractivity contribution in [3.05, 3.63) is 71.2 Å². The fraction of sp³-hybridized carbons (Fsp3) is 0.190. The van der Waals surface area contributed by atoms with Crippen LogP contribution >= 0.6 is 11.6 Å². The lowest BCUT2D eigenvalue weighted by atomic mass is 10.1. The first-order valence-electron chi connectivity index (χ1n) is 9.03. The van der Waals surface area contributed by atoms with Gasteiger partial charge in [0, 0.05) is 13.1 Å². The van der Waals surface area contributed by atoms with Crippen LogP contribution in [0.25, 0.3) is 10.8 Å². The fourth-order valence-corrected chi connectivity index (χ4v) is 5.06. The monoisotopic (exact) mass is 431 g/mol. The number of carbonyl (C=O) groups is 1. The normalized spacial score (nSPS) is 15.3. The number of sulfonamides is 1. The van der Waals surface area contributed by atoms with E-state index >= 15 is 0 Å². The summed E-state index contributed by atoms with van der Waals surface area (Å²) in [6.45, 7) is 1.12. The molecule has 0 amide bonds. The van der Waals surface area contributed by atoms with Gasteiger partial charge in [0.1, 0.15) is 10.6 Å². The van der Waals surface area contributed by atoms with Gasteiger partial charge in [0.25, 0.3) is 0 Å². The number of fused-ring (bicyclic) bond motifs is 1. The maximum Gasteiger partial charge on any atom is 0.343 e. The van der Waals surface area contributed by atoms with Crippen molar-refractivity contribution in [1.82, 2.24) is 4.31 Å². The van der Waals surface area contributed by atoms with Crippen LogP contribution in [0, 0.1) is 0 Å². The van der Waals surface area contributed by atoms with Crippen LogP contribution in [0.15, 0.2) is 65.6 Å². The van der Waals surface area contributed by atoms with Crippen molar-refractivity contribution >= 4 is 38.4 Å². The third-order valence-corrected chi connectivity index (χ3v) is 7.07. The molecule has 3 aromatic rings. The van der Waals surface area contributed by atoms with Crippen LogP contribution in [-0.4, -0.2) is 45.0 Å².